The average molecular weight is 313 g/mol. The van der Waals surface area contributed by atoms with Gasteiger partial charge >= 0.3 is 6.03 Å². The Morgan fingerprint density at radius 3 is 2.27 bits per heavy atom. The number of carbonyl (C=O) groups is 2. The van der Waals surface area contributed by atoms with Crippen molar-refractivity contribution < 1.29 is 19.1 Å². The highest BCUT2D eigenvalue weighted by Crippen LogP contribution is 2.35. The van der Waals surface area contributed by atoms with Gasteiger partial charge in [0.15, 0.2) is 5.79 Å². The van der Waals surface area contributed by atoms with Crippen molar-refractivity contribution >= 4 is 11.9 Å². The van der Waals surface area contributed by atoms with Crippen molar-refractivity contribution in [3.8, 4) is 0 Å². The summed E-state index contributed by atoms with van der Waals surface area (Å²) in [5.74, 6) is -0.435. The fourth-order valence-electron chi connectivity index (χ4n) is 2.79. The fourth-order valence-corrected chi connectivity index (χ4v) is 2.79. The molecule has 0 radical (unpaired) electrons. The van der Waals surface area contributed by atoms with E-state index < -0.39 is 5.79 Å². The number of hydrogen-bond donors (Lipinski definition) is 3. The third-order valence-corrected chi connectivity index (χ3v) is 4.13. The van der Waals surface area contributed by atoms with Gasteiger partial charge in [-0.1, -0.05) is 13.8 Å². The molecule has 2 fully saturated rings. The lowest BCUT2D eigenvalue weighted by Crippen LogP contribution is -2.48. The van der Waals surface area contributed by atoms with Crippen LogP contribution < -0.4 is 16.0 Å². The van der Waals surface area contributed by atoms with Crippen LogP contribution in [0.5, 0.6) is 0 Å². The molecule has 1 saturated carbocycles. The van der Waals surface area contributed by atoms with Gasteiger partial charge in [-0.2, -0.15) is 0 Å². The lowest BCUT2D eigenvalue weighted by atomic mass is 9.90. The first kappa shape index (κ1) is 17.0. The van der Waals surface area contributed by atoms with Crippen LogP contribution in [0.25, 0.3) is 0 Å². The summed E-state index contributed by atoms with van der Waals surface area (Å²) in [6, 6.07) is -0.0308. The van der Waals surface area contributed by atoms with Crippen LogP contribution in [0.2, 0.25) is 0 Å². The summed E-state index contributed by atoms with van der Waals surface area (Å²) in [5, 5.41) is 8.48. The summed E-state index contributed by atoms with van der Waals surface area (Å²) in [4.78, 5) is 23.2. The van der Waals surface area contributed by atoms with Crippen LogP contribution in [0.15, 0.2) is 0 Å². The molecule has 0 atom stereocenters. The zero-order valence-electron chi connectivity index (χ0n) is 13.4. The van der Waals surface area contributed by atoms with Crippen LogP contribution in [0.1, 0.15) is 39.5 Å². The molecule has 3 amide bonds. The zero-order valence-corrected chi connectivity index (χ0v) is 13.4. The molecule has 0 aromatic heterocycles. The van der Waals surface area contributed by atoms with Crippen molar-refractivity contribution in [3.05, 3.63) is 0 Å². The van der Waals surface area contributed by atoms with Crippen molar-refractivity contribution in [2.24, 2.45) is 5.92 Å². The number of hydrogen-bond acceptors (Lipinski definition) is 4. The van der Waals surface area contributed by atoms with E-state index in [1.165, 1.54) is 0 Å². The third kappa shape index (κ3) is 4.84. The molecule has 126 valence electrons. The van der Waals surface area contributed by atoms with E-state index in [-0.39, 0.29) is 23.9 Å². The number of ether oxygens (including phenoxy) is 2. The Morgan fingerprint density at radius 1 is 1.09 bits per heavy atom. The van der Waals surface area contributed by atoms with E-state index in [2.05, 4.69) is 16.0 Å². The van der Waals surface area contributed by atoms with Gasteiger partial charge in [0.1, 0.15) is 0 Å². The van der Waals surface area contributed by atoms with Gasteiger partial charge in [-0.25, -0.2) is 4.79 Å². The van der Waals surface area contributed by atoms with Crippen molar-refractivity contribution in [2.45, 2.75) is 51.4 Å². The number of urea groups is 1. The van der Waals surface area contributed by atoms with Crippen LogP contribution in [0, 0.1) is 5.92 Å². The summed E-state index contributed by atoms with van der Waals surface area (Å²) in [7, 11) is 0. The van der Waals surface area contributed by atoms with E-state index in [0.717, 1.165) is 25.7 Å². The molecule has 1 saturated heterocycles. The number of carbonyl (C=O) groups excluding carboxylic acids is 2. The Hall–Kier alpha value is -1.34. The molecule has 3 N–H and O–H groups in total. The van der Waals surface area contributed by atoms with E-state index in [9.17, 15) is 9.59 Å². The lowest BCUT2D eigenvalue weighted by molar-refractivity contribution is -0.179. The highest BCUT2D eigenvalue weighted by Gasteiger charge is 2.40. The fraction of sp³-hybridized carbons (Fsp3) is 0.867. The first-order valence-electron chi connectivity index (χ1n) is 8.11. The Labute approximate surface area is 131 Å². The standard InChI is InChI=1S/C15H27N3O4/c1-11(2)13(19)16-7-8-17-14(20)18-12-3-5-15(6-4-12)21-9-10-22-15/h11-12H,3-10H2,1-2H3,(H,16,19)(H2,17,18,20). The summed E-state index contributed by atoms with van der Waals surface area (Å²) in [5.41, 5.74) is 0. The second-order valence-corrected chi connectivity index (χ2v) is 6.23. The summed E-state index contributed by atoms with van der Waals surface area (Å²) >= 11 is 0. The SMILES string of the molecule is CC(C)C(=O)NCCNC(=O)NC1CCC2(CC1)OCCO2. The van der Waals surface area contributed by atoms with E-state index in [4.69, 9.17) is 9.47 Å². The van der Waals surface area contributed by atoms with Gasteiger partial charge in [0.2, 0.25) is 5.91 Å². The van der Waals surface area contributed by atoms with Crippen LogP contribution >= 0.6 is 0 Å². The monoisotopic (exact) mass is 313 g/mol. The minimum Gasteiger partial charge on any atom is -0.354 e. The maximum absolute atomic E-state index is 11.8. The maximum Gasteiger partial charge on any atom is 0.315 e. The van der Waals surface area contributed by atoms with Crippen molar-refractivity contribution in [1.82, 2.24) is 16.0 Å². The van der Waals surface area contributed by atoms with E-state index >= 15 is 0 Å². The average Bonchev–Trinajstić information content (AvgIpc) is 2.94. The van der Waals surface area contributed by atoms with E-state index in [1.54, 1.807) is 0 Å². The van der Waals surface area contributed by atoms with Crippen LogP contribution in [-0.4, -0.2) is 50.1 Å². The van der Waals surface area contributed by atoms with Crippen LogP contribution in [-0.2, 0) is 14.3 Å². The molecule has 22 heavy (non-hydrogen) atoms. The zero-order chi connectivity index (χ0) is 16.0. The molecule has 0 aromatic carbocycles. The second-order valence-electron chi connectivity index (χ2n) is 6.23. The maximum atomic E-state index is 11.8. The first-order chi connectivity index (χ1) is 10.5. The van der Waals surface area contributed by atoms with E-state index in [0.29, 0.717) is 26.3 Å². The topological polar surface area (TPSA) is 88.7 Å². The van der Waals surface area contributed by atoms with Crippen molar-refractivity contribution in [2.75, 3.05) is 26.3 Å². The molecule has 1 heterocycles. The van der Waals surface area contributed by atoms with Gasteiger partial charge in [0, 0.05) is 37.9 Å². The molecule has 7 heteroatoms. The first-order valence-corrected chi connectivity index (χ1v) is 8.11. The molecule has 7 nitrogen and oxygen atoms in total. The molecular weight excluding hydrogens is 286 g/mol. The quantitative estimate of drug-likeness (QED) is 0.653. The third-order valence-electron chi connectivity index (χ3n) is 4.13. The highest BCUT2D eigenvalue weighted by atomic mass is 16.7. The molecule has 0 aromatic rings. The molecular formula is C15H27N3O4. The van der Waals surface area contributed by atoms with Gasteiger partial charge < -0.3 is 25.4 Å². The Balaban J connectivity index is 1.57. The predicted octanol–water partition coefficient (Wildman–Crippen LogP) is 0.744. The number of amides is 3. The summed E-state index contributed by atoms with van der Waals surface area (Å²) in [6.45, 7) is 5.88. The largest absolute Gasteiger partial charge is 0.354 e. The second kappa shape index (κ2) is 7.78. The van der Waals surface area contributed by atoms with Gasteiger partial charge in [-0.15, -0.1) is 0 Å². The Bertz CT molecular complexity index is 384. The minimum absolute atomic E-state index is 0.00338. The smallest absolute Gasteiger partial charge is 0.315 e. The predicted molar refractivity (Wildman–Crippen MR) is 81.3 cm³/mol. The molecule has 2 aliphatic rings. The van der Waals surface area contributed by atoms with Crippen LogP contribution in [0.4, 0.5) is 4.79 Å². The summed E-state index contributed by atoms with van der Waals surface area (Å²) < 4.78 is 11.3. The van der Waals surface area contributed by atoms with Gasteiger partial charge in [0.05, 0.1) is 13.2 Å². The lowest BCUT2D eigenvalue weighted by Gasteiger charge is -2.35. The van der Waals surface area contributed by atoms with Gasteiger partial charge in [-0.05, 0) is 12.8 Å². The van der Waals surface area contributed by atoms with Gasteiger partial charge in [-0.3, -0.25) is 4.79 Å². The van der Waals surface area contributed by atoms with Gasteiger partial charge in [0.25, 0.3) is 0 Å². The molecule has 1 spiro atoms. The molecule has 0 unspecified atom stereocenters. The number of rotatable bonds is 5. The molecule has 0 bridgehead atoms. The highest BCUT2D eigenvalue weighted by molar-refractivity contribution is 5.78. The minimum atomic E-state index is -0.393. The Kier molecular flexibility index (Phi) is 6.02. The Morgan fingerprint density at radius 2 is 1.68 bits per heavy atom. The molecule has 2 rings (SSSR count). The normalized spacial score (nSPS) is 21.0. The van der Waals surface area contributed by atoms with Crippen molar-refractivity contribution in [1.29, 1.82) is 0 Å². The number of nitrogens with one attached hydrogen (secondary N) is 3. The summed E-state index contributed by atoms with van der Waals surface area (Å²) in [6.07, 6.45) is 3.36. The van der Waals surface area contributed by atoms with Crippen LogP contribution in [0.3, 0.4) is 0 Å². The molecule has 1 aliphatic carbocycles. The molecule has 1 aliphatic heterocycles. The van der Waals surface area contributed by atoms with Crippen molar-refractivity contribution in [3.63, 3.8) is 0 Å². The van der Waals surface area contributed by atoms with E-state index in [1.807, 2.05) is 13.8 Å².